The van der Waals surface area contributed by atoms with Crippen LogP contribution in [0, 0.1) is 0 Å². The molecule has 92 valence electrons. The number of carbonyl (C=O) groups is 2. The van der Waals surface area contributed by atoms with Crippen molar-refractivity contribution in [2.45, 2.75) is 11.8 Å². The Morgan fingerprint density at radius 3 is 2.71 bits per heavy atom. The molecule has 1 rings (SSSR count). The van der Waals surface area contributed by atoms with Gasteiger partial charge in [0.2, 0.25) is 5.91 Å². The molecule has 0 saturated heterocycles. The third-order valence-corrected chi connectivity index (χ3v) is 2.94. The van der Waals surface area contributed by atoms with Crippen LogP contribution in [0.5, 0.6) is 5.75 Å². The standard InChI is InChI=1S/C11H13NO4S/c1-2-16-7-3-4-9(17-6-10(13)14)8(5-7)11(12)15/h3-5H,2,6H2,1H3,(H2,12,15)(H,13,14). The number of thioether (sulfide) groups is 1. The number of carboxylic acids is 1. The van der Waals surface area contributed by atoms with Gasteiger partial charge in [-0.1, -0.05) is 0 Å². The van der Waals surface area contributed by atoms with Crippen molar-refractivity contribution in [1.29, 1.82) is 0 Å². The Morgan fingerprint density at radius 2 is 2.18 bits per heavy atom. The van der Waals surface area contributed by atoms with Gasteiger partial charge >= 0.3 is 5.97 Å². The summed E-state index contributed by atoms with van der Waals surface area (Å²) in [6.45, 7) is 2.32. The van der Waals surface area contributed by atoms with E-state index in [1.54, 1.807) is 12.1 Å². The normalized spacial score (nSPS) is 9.94. The van der Waals surface area contributed by atoms with E-state index < -0.39 is 11.9 Å². The highest BCUT2D eigenvalue weighted by Gasteiger charge is 2.11. The van der Waals surface area contributed by atoms with Crippen molar-refractivity contribution in [2.24, 2.45) is 5.73 Å². The molecule has 0 saturated carbocycles. The molecular weight excluding hydrogens is 242 g/mol. The summed E-state index contributed by atoms with van der Waals surface area (Å²) in [6.07, 6.45) is 0. The van der Waals surface area contributed by atoms with Gasteiger partial charge in [0.1, 0.15) is 5.75 Å². The summed E-state index contributed by atoms with van der Waals surface area (Å²) < 4.78 is 5.24. The molecule has 6 heteroatoms. The number of hydrogen-bond acceptors (Lipinski definition) is 4. The minimum atomic E-state index is -0.945. The maximum absolute atomic E-state index is 11.2. The minimum absolute atomic E-state index is 0.117. The minimum Gasteiger partial charge on any atom is -0.494 e. The van der Waals surface area contributed by atoms with Crippen LogP contribution in [0.15, 0.2) is 23.1 Å². The third-order valence-electron chi connectivity index (χ3n) is 1.88. The second kappa shape index (κ2) is 6.15. The zero-order valence-corrected chi connectivity index (χ0v) is 10.1. The molecule has 0 aliphatic heterocycles. The summed E-state index contributed by atoms with van der Waals surface area (Å²) >= 11 is 1.05. The summed E-state index contributed by atoms with van der Waals surface area (Å²) in [5.41, 5.74) is 5.51. The number of rotatable bonds is 6. The molecule has 0 aliphatic rings. The molecule has 0 atom stereocenters. The quantitative estimate of drug-likeness (QED) is 0.749. The Labute approximate surface area is 103 Å². The molecular formula is C11H13NO4S. The van der Waals surface area contributed by atoms with Crippen molar-refractivity contribution in [3.05, 3.63) is 23.8 Å². The van der Waals surface area contributed by atoms with Gasteiger partial charge in [0.15, 0.2) is 0 Å². The van der Waals surface area contributed by atoms with Gasteiger partial charge in [-0.3, -0.25) is 9.59 Å². The van der Waals surface area contributed by atoms with Crippen LogP contribution in [-0.2, 0) is 4.79 Å². The van der Waals surface area contributed by atoms with Gasteiger partial charge in [0.25, 0.3) is 0 Å². The highest BCUT2D eigenvalue weighted by molar-refractivity contribution is 8.00. The van der Waals surface area contributed by atoms with Crippen molar-refractivity contribution >= 4 is 23.6 Å². The van der Waals surface area contributed by atoms with Gasteiger partial charge in [-0.15, -0.1) is 11.8 Å². The molecule has 0 spiro atoms. The fraction of sp³-hybridized carbons (Fsp3) is 0.273. The topological polar surface area (TPSA) is 89.6 Å². The molecule has 0 radical (unpaired) electrons. The molecule has 0 aliphatic carbocycles. The number of carbonyl (C=O) groups excluding carboxylic acids is 1. The summed E-state index contributed by atoms with van der Waals surface area (Å²) in [5, 5.41) is 8.58. The van der Waals surface area contributed by atoms with Gasteiger partial charge in [-0.2, -0.15) is 0 Å². The molecule has 0 heterocycles. The van der Waals surface area contributed by atoms with Gasteiger partial charge in [0, 0.05) is 4.90 Å². The van der Waals surface area contributed by atoms with E-state index in [2.05, 4.69) is 0 Å². The Kier molecular flexibility index (Phi) is 4.84. The summed E-state index contributed by atoms with van der Waals surface area (Å²) in [4.78, 5) is 22.2. The van der Waals surface area contributed by atoms with E-state index in [-0.39, 0.29) is 11.3 Å². The molecule has 0 unspecified atom stereocenters. The highest BCUT2D eigenvalue weighted by atomic mass is 32.2. The highest BCUT2D eigenvalue weighted by Crippen LogP contribution is 2.26. The van der Waals surface area contributed by atoms with Gasteiger partial charge < -0.3 is 15.6 Å². The van der Waals surface area contributed by atoms with E-state index >= 15 is 0 Å². The Bertz CT molecular complexity index is 433. The van der Waals surface area contributed by atoms with Crippen LogP contribution in [-0.4, -0.2) is 29.3 Å². The average Bonchev–Trinajstić information content (AvgIpc) is 2.27. The van der Waals surface area contributed by atoms with Gasteiger partial charge in [-0.25, -0.2) is 0 Å². The summed E-state index contributed by atoms with van der Waals surface area (Å²) in [6, 6.07) is 4.84. The van der Waals surface area contributed by atoms with Crippen molar-refractivity contribution in [1.82, 2.24) is 0 Å². The van der Waals surface area contributed by atoms with Crippen LogP contribution < -0.4 is 10.5 Å². The third kappa shape index (κ3) is 3.99. The molecule has 1 aromatic carbocycles. The molecule has 5 nitrogen and oxygen atoms in total. The first-order chi connectivity index (χ1) is 8.04. The number of aliphatic carboxylic acids is 1. The van der Waals surface area contributed by atoms with Crippen molar-refractivity contribution < 1.29 is 19.4 Å². The number of primary amides is 1. The number of nitrogens with two attached hydrogens (primary N) is 1. The fourth-order valence-corrected chi connectivity index (χ4v) is 1.98. The Balaban J connectivity index is 2.95. The van der Waals surface area contributed by atoms with Crippen LogP contribution in [0.3, 0.4) is 0 Å². The van der Waals surface area contributed by atoms with Crippen molar-refractivity contribution in [3.8, 4) is 5.75 Å². The molecule has 1 amide bonds. The maximum atomic E-state index is 11.2. The predicted octanol–water partition coefficient (Wildman–Crippen LogP) is 1.36. The first kappa shape index (κ1) is 13.4. The SMILES string of the molecule is CCOc1ccc(SCC(=O)O)c(C(N)=O)c1. The number of amides is 1. The van der Waals surface area contributed by atoms with Crippen LogP contribution in [0.4, 0.5) is 0 Å². The fourth-order valence-electron chi connectivity index (χ4n) is 1.22. The van der Waals surface area contributed by atoms with Crippen molar-refractivity contribution in [2.75, 3.05) is 12.4 Å². The van der Waals surface area contributed by atoms with E-state index in [0.29, 0.717) is 17.3 Å². The monoisotopic (exact) mass is 255 g/mol. The lowest BCUT2D eigenvalue weighted by Crippen LogP contribution is -2.13. The number of hydrogen-bond donors (Lipinski definition) is 2. The molecule has 1 aromatic rings. The second-order valence-electron chi connectivity index (χ2n) is 3.14. The van der Waals surface area contributed by atoms with E-state index in [9.17, 15) is 9.59 Å². The predicted molar refractivity (Wildman–Crippen MR) is 64.5 cm³/mol. The lowest BCUT2D eigenvalue weighted by atomic mass is 10.2. The lowest BCUT2D eigenvalue weighted by molar-refractivity contribution is -0.133. The van der Waals surface area contributed by atoms with E-state index in [1.165, 1.54) is 6.07 Å². The van der Waals surface area contributed by atoms with Crippen molar-refractivity contribution in [3.63, 3.8) is 0 Å². The molecule has 0 aromatic heterocycles. The van der Waals surface area contributed by atoms with E-state index in [1.807, 2.05) is 6.92 Å². The van der Waals surface area contributed by atoms with Gasteiger partial charge in [-0.05, 0) is 25.1 Å². The average molecular weight is 255 g/mol. The molecule has 3 N–H and O–H groups in total. The smallest absolute Gasteiger partial charge is 0.313 e. The molecule has 17 heavy (non-hydrogen) atoms. The largest absolute Gasteiger partial charge is 0.494 e. The molecule has 0 fully saturated rings. The van der Waals surface area contributed by atoms with Gasteiger partial charge in [0.05, 0.1) is 17.9 Å². The first-order valence-electron chi connectivity index (χ1n) is 4.95. The zero-order chi connectivity index (χ0) is 12.8. The Hall–Kier alpha value is -1.69. The first-order valence-corrected chi connectivity index (χ1v) is 5.94. The summed E-state index contributed by atoms with van der Waals surface area (Å²) in [7, 11) is 0. The number of benzene rings is 1. The van der Waals surface area contributed by atoms with E-state index in [0.717, 1.165) is 11.8 Å². The summed E-state index contributed by atoms with van der Waals surface area (Å²) in [5.74, 6) is -1.12. The van der Waals surface area contributed by atoms with Crippen LogP contribution in [0.1, 0.15) is 17.3 Å². The number of carboxylic acid groups (broad SMARTS) is 1. The van der Waals surface area contributed by atoms with E-state index in [4.69, 9.17) is 15.6 Å². The zero-order valence-electron chi connectivity index (χ0n) is 9.30. The second-order valence-corrected chi connectivity index (χ2v) is 4.15. The number of ether oxygens (including phenoxy) is 1. The van der Waals surface area contributed by atoms with Crippen LogP contribution in [0.2, 0.25) is 0 Å². The maximum Gasteiger partial charge on any atom is 0.313 e. The van der Waals surface area contributed by atoms with Crippen LogP contribution >= 0.6 is 11.8 Å². The molecule has 0 bridgehead atoms. The lowest BCUT2D eigenvalue weighted by Gasteiger charge is -2.08. The Morgan fingerprint density at radius 1 is 1.47 bits per heavy atom. The van der Waals surface area contributed by atoms with Crippen LogP contribution in [0.25, 0.3) is 0 Å².